The number of piperidine rings is 2. The number of hydrogen-bond donors (Lipinski definition) is 1. The lowest BCUT2D eigenvalue weighted by atomic mass is 9.63. The third-order valence-electron chi connectivity index (χ3n) is 11.4. The van der Waals surface area contributed by atoms with Gasteiger partial charge in [0, 0.05) is 37.6 Å². The highest BCUT2D eigenvalue weighted by Gasteiger charge is 2.44. The van der Waals surface area contributed by atoms with E-state index in [2.05, 4.69) is 27.3 Å². The highest BCUT2D eigenvalue weighted by atomic mass is 35.5. The van der Waals surface area contributed by atoms with Gasteiger partial charge >= 0.3 is 0 Å². The Bertz CT molecular complexity index is 1210. The van der Waals surface area contributed by atoms with E-state index in [1.54, 1.807) is 6.33 Å². The lowest BCUT2D eigenvalue weighted by Crippen LogP contribution is -2.59. The molecule has 2 aliphatic carbocycles. The van der Waals surface area contributed by atoms with Crippen LogP contribution in [0.3, 0.4) is 0 Å². The summed E-state index contributed by atoms with van der Waals surface area (Å²) in [4.78, 5) is 36.6. The van der Waals surface area contributed by atoms with Crippen LogP contribution in [0.5, 0.6) is 0 Å². The number of nitrogens with one attached hydrogen (secondary N) is 1. The standard InChI is InChI=1S/C34H49ClN6O2.ClH/c1-39-21-27-8-6-5-7-26(27)20-31(39)32(42)38-30(19-25-11-13-29(35)14-12-25)33(43)40-17-15-34(16-18-40,22-41-24-36-23-37-41)28-9-3-2-4-10-28;/h11-14,23-24,26-28,30-31H,2-10,15-22H2,1H3,(H,38,42);1H/t26?,27?,30-,31-;/m1./s1. The van der Waals surface area contributed by atoms with E-state index in [4.69, 9.17) is 11.6 Å². The SMILES string of the molecule is CN1CC2CCCCC2C[C@@H]1C(=O)N[C@H](Cc1ccc(Cl)cc1)C(=O)N1CCC(Cn2cncn2)(C2CCCCC2)CC1.Cl. The molecule has 2 aliphatic heterocycles. The third kappa shape index (κ3) is 7.61. The molecule has 1 aromatic heterocycles. The van der Waals surface area contributed by atoms with E-state index in [1.165, 1.54) is 57.8 Å². The lowest BCUT2D eigenvalue weighted by Gasteiger charge is -2.48. The lowest BCUT2D eigenvalue weighted by molar-refractivity contribution is -0.141. The summed E-state index contributed by atoms with van der Waals surface area (Å²) in [5, 5.41) is 8.39. The number of nitrogens with zero attached hydrogens (tertiary/aromatic N) is 5. The van der Waals surface area contributed by atoms with Gasteiger partial charge in [-0.2, -0.15) is 5.10 Å². The zero-order valence-corrected chi connectivity index (χ0v) is 27.8. The number of carbonyl (C=O) groups excluding carboxylic acids is 2. The molecule has 242 valence electrons. The van der Waals surface area contributed by atoms with Crippen molar-refractivity contribution in [1.82, 2.24) is 29.9 Å². The average Bonchev–Trinajstić information content (AvgIpc) is 3.54. The van der Waals surface area contributed by atoms with E-state index in [9.17, 15) is 9.59 Å². The number of aromatic nitrogens is 3. The Morgan fingerprint density at radius 2 is 1.68 bits per heavy atom. The minimum atomic E-state index is -0.594. The first-order chi connectivity index (χ1) is 20.9. The molecule has 2 amide bonds. The Morgan fingerprint density at radius 3 is 2.36 bits per heavy atom. The van der Waals surface area contributed by atoms with Crippen molar-refractivity contribution in [3.8, 4) is 0 Å². The summed E-state index contributed by atoms with van der Waals surface area (Å²) >= 11 is 6.17. The largest absolute Gasteiger partial charge is 0.343 e. The summed E-state index contributed by atoms with van der Waals surface area (Å²) in [5.41, 5.74) is 1.13. The molecule has 44 heavy (non-hydrogen) atoms. The Morgan fingerprint density at radius 1 is 1.00 bits per heavy atom. The van der Waals surface area contributed by atoms with Crippen LogP contribution in [0, 0.1) is 23.2 Å². The Labute approximate surface area is 274 Å². The first kappa shape index (κ1) is 33.2. The average molecular weight is 646 g/mol. The summed E-state index contributed by atoms with van der Waals surface area (Å²) in [6.07, 6.45) is 18.2. The summed E-state index contributed by atoms with van der Waals surface area (Å²) < 4.78 is 1.99. The molecular formula is C34H50Cl2N6O2. The Hall–Kier alpha value is -2.16. The fraction of sp³-hybridized carbons (Fsp3) is 0.706. The van der Waals surface area contributed by atoms with E-state index in [1.807, 2.05) is 40.2 Å². The third-order valence-corrected chi connectivity index (χ3v) is 11.7. The number of benzene rings is 1. The molecule has 2 aromatic rings. The van der Waals surface area contributed by atoms with E-state index in [-0.39, 0.29) is 35.7 Å². The van der Waals surface area contributed by atoms with E-state index in [0.29, 0.717) is 42.3 Å². The van der Waals surface area contributed by atoms with E-state index >= 15 is 0 Å². The van der Waals surface area contributed by atoms with Crippen LogP contribution < -0.4 is 5.32 Å². The van der Waals surface area contributed by atoms with Crippen LogP contribution in [0.4, 0.5) is 0 Å². The number of carbonyl (C=O) groups is 2. The van der Waals surface area contributed by atoms with Gasteiger partial charge in [0.05, 0.1) is 6.04 Å². The second kappa shape index (κ2) is 15.0. The molecule has 4 aliphatic rings. The molecule has 0 bridgehead atoms. The maximum Gasteiger partial charge on any atom is 0.245 e. The van der Waals surface area contributed by atoms with Crippen LogP contribution in [-0.4, -0.2) is 75.1 Å². The number of likely N-dealkylation sites (tertiary alicyclic amines) is 2. The van der Waals surface area contributed by atoms with Crippen LogP contribution in [0.1, 0.15) is 82.6 Å². The molecule has 1 N–H and O–H groups in total. The van der Waals surface area contributed by atoms with E-state index < -0.39 is 6.04 Å². The first-order valence-corrected chi connectivity index (χ1v) is 17.1. The molecule has 2 saturated heterocycles. The molecule has 2 unspecified atom stereocenters. The fourth-order valence-corrected chi connectivity index (χ4v) is 9.00. The van der Waals surface area contributed by atoms with Gasteiger partial charge in [-0.25, -0.2) is 4.98 Å². The van der Waals surface area contributed by atoms with Crippen molar-refractivity contribution in [1.29, 1.82) is 0 Å². The van der Waals surface area contributed by atoms with Crippen molar-refractivity contribution in [3.05, 3.63) is 47.5 Å². The second-order valence-corrected chi connectivity index (χ2v) is 14.4. The smallest absolute Gasteiger partial charge is 0.245 e. The maximum absolute atomic E-state index is 14.2. The number of hydrogen-bond acceptors (Lipinski definition) is 5. The predicted molar refractivity (Wildman–Crippen MR) is 176 cm³/mol. The minimum Gasteiger partial charge on any atom is -0.343 e. The Balaban J connectivity index is 0.00000384. The van der Waals surface area contributed by atoms with Crippen LogP contribution in [0.2, 0.25) is 5.02 Å². The Kier molecular flexibility index (Phi) is 11.3. The molecule has 4 fully saturated rings. The number of halogens is 2. The molecule has 6 rings (SSSR count). The van der Waals surface area contributed by atoms with Gasteiger partial charge < -0.3 is 10.2 Å². The van der Waals surface area contributed by atoms with Gasteiger partial charge in [0.25, 0.3) is 0 Å². The van der Waals surface area contributed by atoms with Crippen LogP contribution >= 0.6 is 24.0 Å². The summed E-state index contributed by atoms with van der Waals surface area (Å²) in [5.74, 6) is 2.00. The summed E-state index contributed by atoms with van der Waals surface area (Å²) in [6.45, 7) is 3.26. The molecule has 8 nitrogen and oxygen atoms in total. The number of fused-ring (bicyclic) bond motifs is 1. The molecule has 0 radical (unpaired) electrons. The van der Waals surface area contributed by atoms with Crippen LogP contribution in [0.15, 0.2) is 36.9 Å². The van der Waals surface area contributed by atoms with Crippen molar-refractivity contribution < 1.29 is 9.59 Å². The van der Waals surface area contributed by atoms with Crippen LogP contribution in [-0.2, 0) is 22.6 Å². The van der Waals surface area contributed by atoms with Gasteiger partial charge in [-0.15, -0.1) is 12.4 Å². The molecule has 10 heteroatoms. The van der Waals surface area contributed by atoms with Gasteiger partial charge in [0.1, 0.15) is 18.7 Å². The number of amides is 2. The summed E-state index contributed by atoms with van der Waals surface area (Å²) in [6, 6.07) is 6.89. The fourth-order valence-electron chi connectivity index (χ4n) is 8.87. The number of likely N-dealkylation sites (N-methyl/N-ethyl adjacent to an activating group) is 1. The normalized spacial score (nSPS) is 26.7. The number of rotatable bonds is 8. The monoisotopic (exact) mass is 644 g/mol. The topological polar surface area (TPSA) is 83.4 Å². The minimum absolute atomic E-state index is 0. The molecule has 0 spiro atoms. The van der Waals surface area contributed by atoms with Crippen LogP contribution in [0.25, 0.3) is 0 Å². The highest BCUT2D eigenvalue weighted by molar-refractivity contribution is 6.30. The molecule has 3 heterocycles. The molecule has 4 atom stereocenters. The van der Waals surface area contributed by atoms with Gasteiger partial charge in [-0.1, -0.05) is 62.3 Å². The zero-order chi connectivity index (χ0) is 29.8. The van der Waals surface area contributed by atoms with Gasteiger partial charge in [0.2, 0.25) is 11.8 Å². The van der Waals surface area contributed by atoms with Crippen molar-refractivity contribution in [2.24, 2.45) is 23.2 Å². The molecule has 1 aromatic carbocycles. The quantitative estimate of drug-likeness (QED) is 0.394. The van der Waals surface area contributed by atoms with Gasteiger partial charge in [-0.05, 0) is 86.4 Å². The second-order valence-electron chi connectivity index (χ2n) is 14.0. The van der Waals surface area contributed by atoms with Gasteiger partial charge in [0.15, 0.2) is 0 Å². The van der Waals surface area contributed by atoms with E-state index in [0.717, 1.165) is 37.9 Å². The van der Waals surface area contributed by atoms with Crippen molar-refractivity contribution in [2.45, 2.75) is 102 Å². The molecule has 2 saturated carbocycles. The van der Waals surface area contributed by atoms with Crippen molar-refractivity contribution in [3.63, 3.8) is 0 Å². The summed E-state index contributed by atoms with van der Waals surface area (Å²) in [7, 11) is 2.08. The highest BCUT2D eigenvalue weighted by Crippen LogP contribution is 2.47. The maximum atomic E-state index is 14.2. The van der Waals surface area contributed by atoms with Gasteiger partial charge in [-0.3, -0.25) is 19.2 Å². The zero-order valence-electron chi connectivity index (χ0n) is 26.2. The van der Waals surface area contributed by atoms with Crippen molar-refractivity contribution >= 4 is 35.8 Å². The predicted octanol–water partition coefficient (Wildman–Crippen LogP) is 5.78. The van der Waals surface area contributed by atoms with Crippen molar-refractivity contribution in [2.75, 3.05) is 26.7 Å². The molecular weight excluding hydrogens is 595 g/mol. The first-order valence-electron chi connectivity index (χ1n) is 16.8.